The molecule has 2 N–H and O–H groups in total. The van der Waals surface area contributed by atoms with Crippen molar-refractivity contribution in [2.75, 3.05) is 5.43 Å². The fourth-order valence-corrected chi connectivity index (χ4v) is 1.83. The number of hydrogen-bond acceptors (Lipinski definition) is 5. The molecular weight excluding hydrogens is 241 g/mol. The van der Waals surface area contributed by atoms with E-state index in [2.05, 4.69) is 15.5 Å². The zero-order valence-electron chi connectivity index (χ0n) is 9.01. The lowest BCUT2D eigenvalue weighted by Gasteiger charge is -1.98. The number of benzene rings is 1. The van der Waals surface area contributed by atoms with Crippen molar-refractivity contribution in [2.45, 2.75) is 6.92 Å². The Hall–Kier alpha value is -1.95. The van der Waals surface area contributed by atoms with Crippen molar-refractivity contribution in [3.8, 4) is 5.75 Å². The zero-order chi connectivity index (χ0) is 12.3. The molecule has 0 saturated carbocycles. The summed E-state index contributed by atoms with van der Waals surface area (Å²) in [4.78, 5) is 4.14. The topological polar surface area (TPSA) is 57.5 Å². The van der Waals surface area contributed by atoms with Crippen molar-refractivity contribution in [1.82, 2.24) is 4.98 Å². The van der Waals surface area contributed by atoms with E-state index in [-0.39, 0.29) is 5.75 Å². The Labute approximate surface area is 101 Å². The van der Waals surface area contributed by atoms with Gasteiger partial charge < -0.3 is 5.11 Å². The van der Waals surface area contributed by atoms with Gasteiger partial charge in [0, 0.05) is 10.9 Å². The quantitative estimate of drug-likeness (QED) is 0.651. The van der Waals surface area contributed by atoms with E-state index in [1.165, 1.54) is 35.8 Å². The third-order valence-corrected chi connectivity index (χ3v) is 2.84. The lowest BCUT2D eigenvalue weighted by molar-refractivity contribution is 0.472. The van der Waals surface area contributed by atoms with Gasteiger partial charge in [0.25, 0.3) is 0 Å². The molecule has 1 heterocycles. The van der Waals surface area contributed by atoms with Crippen LogP contribution >= 0.6 is 11.3 Å². The lowest BCUT2D eigenvalue weighted by Crippen LogP contribution is -1.91. The molecule has 0 aliphatic rings. The smallest absolute Gasteiger partial charge is 0.203 e. The van der Waals surface area contributed by atoms with E-state index < -0.39 is 5.82 Å². The molecule has 1 aromatic carbocycles. The Morgan fingerprint density at radius 3 is 3.06 bits per heavy atom. The molecule has 1 aromatic heterocycles. The number of hydrazone groups is 1. The minimum Gasteiger partial charge on any atom is -0.507 e. The van der Waals surface area contributed by atoms with E-state index in [0.29, 0.717) is 10.7 Å². The zero-order valence-corrected chi connectivity index (χ0v) is 9.83. The second kappa shape index (κ2) is 4.92. The van der Waals surface area contributed by atoms with Gasteiger partial charge >= 0.3 is 0 Å². The predicted octanol–water partition coefficient (Wildman–Crippen LogP) is 2.74. The molecule has 0 spiro atoms. The van der Waals surface area contributed by atoms with Crippen LogP contribution in [-0.2, 0) is 0 Å². The van der Waals surface area contributed by atoms with Gasteiger partial charge in [0.2, 0.25) is 5.13 Å². The van der Waals surface area contributed by atoms with E-state index in [4.69, 9.17) is 0 Å². The molecule has 6 heteroatoms. The Morgan fingerprint density at radius 1 is 1.53 bits per heavy atom. The number of aryl methyl sites for hydroxylation is 1. The summed E-state index contributed by atoms with van der Waals surface area (Å²) in [6.45, 7) is 1.88. The molecule has 0 amide bonds. The van der Waals surface area contributed by atoms with Crippen molar-refractivity contribution in [2.24, 2.45) is 5.10 Å². The van der Waals surface area contributed by atoms with Crippen LogP contribution in [0.1, 0.15) is 11.3 Å². The second-order valence-electron chi connectivity index (χ2n) is 3.37. The molecular formula is C11H10FN3OS. The van der Waals surface area contributed by atoms with Crippen molar-refractivity contribution >= 4 is 22.7 Å². The van der Waals surface area contributed by atoms with E-state index in [0.717, 1.165) is 5.69 Å². The highest BCUT2D eigenvalue weighted by Crippen LogP contribution is 2.17. The normalized spacial score (nSPS) is 10.9. The Kier molecular flexibility index (Phi) is 3.34. The first-order chi connectivity index (χ1) is 8.15. The summed E-state index contributed by atoms with van der Waals surface area (Å²) in [5, 5.41) is 15.8. The minimum atomic E-state index is -0.422. The summed E-state index contributed by atoms with van der Waals surface area (Å²) < 4.78 is 12.9. The average molecular weight is 251 g/mol. The maximum Gasteiger partial charge on any atom is 0.203 e. The SMILES string of the molecule is Cc1csc(NN=Cc2cc(F)ccc2O)n1. The molecule has 2 rings (SSSR count). The van der Waals surface area contributed by atoms with Gasteiger partial charge in [-0.05, 0) is 25.1 Å². The van der Waals surface area contributed by atoms with E-state index in [1.54, 1.807) is 0 Å². The second-order valence-corrected chi connectivity index (χ2v) is 4.23. The molecule has 88 valence electrons. The van der Waals surface area contributed by atoms with Gasteiger partial charge in [-0.15, -0.1) is 11.3 Å². The number of anilines is 1. The number of hydrogen-bond donors (Lipinski definition) is 2. The molecule has 2 aromatic rings. The highest BCUT2D eigenvalue weighted by Gasteiger charge is 2.00. The van der Waals surface area contributed by atoms with E-state index in [1.807, 2.05) is 12.3 Å². The predicted molar refractivity (Wildman–Crippen MR) is 66.1 cm³/mol. The first kappa shape index (κ1) is 11.5. The summed E-state index contributed by atoms with van der Waals surface area (Å²) in [5.74, 6) is -0.443. The first-order valence-electron chi connectivity index (χ1n) is 4.85. The van der Waals surface area contributed by atoms with Crippen LogP contribution in [0.2, 0.25) is 0 Å². The Morgan fingerprint density at radius 2 is 2.35 bits per heavy atom. The van der Waals surface area contributed by atoms with Crippen molar-refractivity contribution < 1.29 is 9.50 Å². The van der Waals surface area contributed by atoms with E-state index >= 15 is 0 Å². The third kappa shape index (κ3) is 3.01. The van der Waals surface area contributed by atoms with Gasteiger partial charge in [-0.3, -0.25) is 5.43 Å². The lowest BCUT2D eigenvalue weighted by atomic mass is 10.2. The number of aromatic hydroxyl groups is 1. The molecule has 0 aliphatic carbocycles. The molecule has 4 nitrogen and oxygen atoms in total. The maximum atomic E-state index is 12.9. The van der Waals surface area contributed by atoms with Gasteiger partial charge in [-0.25, -0.2) is 9.37 Å². The number of nitrogens with zero attached hydrogens (tertiary/aromatic N) is 2. The van der Waals surface area contributed by atoms with Gasteiger partial charge in [0.05, 0.1) is 11.9 Å². The van der Waals surface area contributed by atoms with Gasteiger partial charge in [-0.2, -0.15) is 5.10 Å². The summed E-state index contributed by atoms with van der Waals surface area (Å²) in [5.41, 5.74) is 3.92. The van der Waals surface area contributed by atoms with Crippen molar-refractivity contribution in [1.29, 1.82) is 0 Å². The fourth-order valence-electron chi connectivity index (χ4n) is 1.19. The summed E-state index contributed by atoms with van der Waals surface area (Å²) >= 11 is 1.42. The number of aromatic nitrogens is 1. The molecule has 0 unspecified atom stereocenters. The summed E-state index contributed by atoms with van der Waals surface area (Å²) in [7, 11) is 0. The Balaban J connectivity index is 2.07. The third-order valence-electron chi connectivity index (χ3n) is 1.97. The molecule has 0 atom stereocenters. The first-order valence-corrected chi connectivity index (χ1v) is 5.73. The van der Waals surface area contributed by atoms with Crippen LogP contribution in [0.4, 0.5) is 9.52 Å². The van der Waals surface area contributed by atoms with Crippen LogP contribution in [0.25, 0.3) is 0 Å². The number of rotatable bonds is 3. The van der Waals surface area contributed by atoms with Crippen LogP contribution in [0.3, 0.4) is 0 Å². The van der Waals surface area contributed by atoms with Crippen LogP contribution in [0.15, 0.2) is 28.7 Å². The van der Waals surface area contributed by atoms with Gasteiger partial charge in [-0.1, -0.05) is 0 Å². The minimum absolute atomic E-state index is 0.0210. The van der Waals surface area contributed by atoms with Crippen LogP contribution in [-0.4, -0.2) is 16.3 Å². The van der Waals surface area contributed by atoms with Crippen LogP contribution in [0, 0.1) is 12.7 Å². The number of phenolic OH excluding ortho intramolecular Hbond substituents is 1. The highest BCUT2D eigenvalue weighted by atomic mass is 32.1. The molecule has 0 fully saturated rings. The number of halogens is 1. The maximum absolute atomic E-state index is 12.9. The molecule has 17 heavy (non-hydrogen) atoms. The van der Waals surface area contributed by atoms with Crippen LogP contribution in [0.5, 0.6) is 5.75 Å². The molecule has 0 radical (unpaired) electrons. The largest absolute Gasteiger partial charge is 0.507 e. The van der Waals surface area contributed by atoms with Gasteiger partial charge in [0.1, 0.15) is 11.6 Å². The summed E-state index contributed by atoms with van der Waals surface area (Å²) in [6.07, 6.45) is 1.34. The number of phenols is 1. The van der Waals surface area contributed by atoms with Crippen molar-refractivity contribution in [3.05, 3.63) is 40.7 Å². The Bertz CT molecular complexity index is 553. The highest BCUT2D eigenvalue weighted by molar-refractivity contribution is 7.13. The number of nitrogens with one attached hydrogen (secondary N) is 1. The monoisotopic (exact) mass is 251 g/mol. The molecule has 0 saturated heterocycles. The fraction of sp³-hybridized carbons (Fsp3) is 0.0909. The van der Waals surface area contributed by atoms with Crippen LogP contribution < -0.4 is 5.43 Å². The summed E-state index contributed by atoms with van der Waals surface area (Å²) in [6, 6.07) is 3.67. The molecule has 0 bridgehead atoms. The average Bonchev–Trinajstić information content (AvgIpc) is 2.69. The van der Waals surface area contributed by atoms with Gasteiger partial charge in [0.15, 0.2) is 0 Å². The van der Waals surface area contributed by atoms with E-state index in [9.17, 15) is 9.50 Å². The number of thiazole rings is 1. The van der Waals surface area contributed by atoms with Crippen molar-refractivity contribution in [3.63, 3.8) is 0 Å². The standard InChI is InChI=1S/C11H10FN3OS/c1-7-6-17-11(14-7)15-13-5-8-4-9(12)2-3-10(8)16/h2-6,16H,1H3,(H,14,15). The molecule has 0 aliphatic heterocycles.